The minimum atomic E-state index is 0.187. The lowest BCUT2D eigenvalue weighted by Crippen LogP contribution is -2.46. The maximum Gasteiger partial charge on any atom is 0.253 e. The molecule has 3 rings (SSSR count). The van der Waals surface area contributed by atoms with Gasteiger partial charge in [-0.3, -0.25) is 9.69 Å². The number of aryl methyl sites for hydroxylation is 1. The highest BCUT2D eigenvalue weighted by Crippen LogP contribution is 2.20. The van der Waals surface area contributed by atoms with Crippen LogP contribution in [0.5, 0.6) is 0 Å². The highest BCUT2D eigenvalue weighted by atomic mass is 16.5. The van der Waals surface area contributed by atoms with Crippen LogP contribution >= 0.6 is 0 Å². The fourth-order valence-corrected chi connectivity index (χ4v) is 3.43. The predicted molar refractivity (Wildman–Crippen MR) is 87.1 cm³/mol. The summed E-state index contributed by atoms with van der Waals surface area (Å²) in [6.07, 6.45) is 2.35. The van der Waals surface area contributed by atoms with E-state index in [1.807, 2.05) is 36.1 Å². The van der Waals surface area contributed by atoms with Crippen LogP contribution in [0.4, 0.5) is 0 Å². The molecular formula is C18H26N2O2. The van der Waals surface area contributed by atoms with Crippen LogP contribution in [0, 0.1) is 12.8 Å². The van der Waals surface area contributed by atoms with Gasteiger partial charge in [0.25, 0.3) is 5.91 Å². The van der Waals surface area contributed by atoms with Crippen LogP contribution in [0.3, 0.4) is 0 Å². The molecule has 2 aliphatic heterocycles. The Labute approximate surface area is 133 Å². The van der Waals surface area contributed by atoms with Crippen LogP contribution in [0.1, 0.15) is 28.8 Å². The van der Waals surface area contributed by atoms with E-state index in [-0.39, 0.29) is 5.91 Å². The third-order valence-electron chi connectivity index (χ3n) is 4.72. The molecule has 0 spiro atoms. The van der Waals surface area contributed by atoms with Gasteiger partial charge >= 0.3 is 0 Å². The van der Waals surface area contributed by atoms with Gasteiger partial charge in [0.2, 0.25) is 0 Å². The molecule has 0 bridgehead atoms. The van der Waals surface area contributed by atoms with Crippen LogP contribution in [0.25, 0.3) is 0 Å². The molecule has 0 saturated carbocycles. The van der Waals surface area contributed by atoms with Gasteiger partial charge in [-0.2, -0.15) is 0 Å². The summed E-state index contributed by atoms with van der Waals surface area (Å²) in [6, 6.07) is 7.93. The van der Waals surface area contributed by atoms with E-state index in [2.05, 4.69) is 4.90 Å². The Kier molecular flexibility index (Phi) is 5.11. The van der Waals surface area contributed by atoms with E-state index in [0.29, 0.717) is 5.92 Å². The average molecular weight is 302 g/mol. The fourth-order valence-electron chi connectivity index (χ4n) is 3.43. The van der Waals surface area contributed by atoms with Crippen molar-refractivity contribution in [3.05, 3.63) is 35.4 Å². The van der Waals surface area contributed by atoms with Crippen molar-refractivity contribution in [2.24, 2.45) is 5.92 Å². The van der Waals surface area contributed by atoms with Gasteiger partial charge in [0.05, 0.1) is 13.2 Å². The summed E-state index contributed by atoms with van der Waals surface area (Å²) < 4.78 is 5.41. The molecule has 1 amide bonds. The van der Waals surface area contributed by atoms with E-state index in [9.17, 15) is 4.79 Å². The van der Waals surface area contributed by atoms with E-state index >= 15 is 0 Å². The largest absolute Gasteiger partial charge is 0.379 e. The molecule has 1 aromatic rings. The standard InChI is InChI=1S/C18H26N2O2/c1-15-4-6-17(7-5-15)18(21)20-8-2-3-16(14-20)13-19-9-11-22-12-10-19/h4-7,16H,2-3,8-14H2,1H3. The molecule has 1 aromatic carbocycles. The molecule has 0 aromatic heterocycles. The Bertz CT molecular complexity index is 494. The van der Waals surface area contributed by atoms with Gasteiger partial charge in [0, 0.05) is 38.3 Å². The Morgan fingerprint density at radius 1 is 1.18 bits per heavy atom. The van der Waals surface area contributed by atoms with Gasteiger partial charge in [-0.05, 0) is 37.8 Å². The Balaban J connectivity index is 1.57. The third kappa shape index (κ3) is 3.87. The van der Waals surface area contributed by atoms with E-state index < -0.39 is 0 Å². The first-order valence-corrected chi connectivity index (χ1v) is 8.38. The van der Waals surface area contributed by atoms with Crippen molar-refractivity contribution in [2.75, 3.05) is 45.9 Å². The lowest BCUT2D eigenvalue weighted by Gasteiger charge is -2.36. The molecule has 4 heteroatoms. The topological polar surface area (TPSA) is 32.8 Å². The molecule has 0 N–H and O–H groups in total. The number of morpholine rings is 1. The smallest absolute Gasteiger partial charge is 0.253 e. The summed E-state index contributed by atoms with van der Waals surface area (Å²) in [4.78, 5) is 17.2. The fraction of sp³-hybridized carbons (Fsp3) is 0.611. The number of amides is 1. The zero-order valence-corrected chi connectivity index (χ0v) is 13.5. The van der Waals surface area contributed by atoms with Crippen molar-refractivity contribution >= 4 is 5.91 Å². The molecule has 4 nitrogen and oxygen atoms in total. The molecule has 1 atom stereocenters. The first-order valence-electron chi connectivity index (χ1n) is 8.38. The van der Waals surface area contributed by atoms with Crippen LogP contribution in [0.2, 0.25) is 0 Å². The van der Waals surface area contributed by atoms with Gasteiger partial charge in [0.15, 0.2) is 0 Å². The molecule has 0 radical (unpaired) electrons. The number of rotatable bonds is 3. The van der Waals surface area contributed by atoms with E-state index in [0.717, 1.165) is 57.9 Å². The highest BCUT2D eigenvalue weighted by molar-refractivity contribution is 5.94. The number of benzene rings is 1. The minimum Gasteiger partial charge on any atom is -0.379 e. The van der Waals surface area contributed by atoms with Crippen molar-refractivity contribution in [2.45, 2.75) is 19.8 Å². The predicted octanol–water partition coefficient (Wildman–Crippen LogP) is 2.18. The van der Waals surface area contributed by atoms with Crippen molar-refractivity contribution in [3.8, 4) is 0 Å². The number of hydrogen-bond donors (Lipinski definition) is 0. The van der Waals surface area contributed by atoms with Crippen molar-refractivity contribution in [1.82, 2.24) is 9.80 Å². The molecular weight excluding hydrogens is 276 g/mol. The van der Waals surface area contributed by atoms with Gasteiger partial charge in [-0.15, -0.1) is 0 Å². The van der Waals surface area contributed by atoms with E-state index in [4.69, 9.17) is 4.74 Å². The van der Waals surface area contributed by atoms with Crippen molar-refractivity contribution in [1.29, 1.82) is 0 Å². The molecule has 22 heavy (non-hydrogen) atoms. The molecule has 2 saturated heterocycles. The number of carbonyl (C=O) groups excluding carboxylic acids is 1. The van der Waals surface area contributed by atoms with Crippen molar-refractivity contribution < 1.29 is 9.53 Å². The Morgan fingerprint density at radius 3 is 2.64 bits per heavy atom. The highest BCUT2D eigenvalue weighted by Gasteiger charge is 2.26. The molecule has 2 fully saturated rings. The average Bonchev–Trinajstić information content (AvgIpc) is 2.56. The van der Waals surface area contributed by atoms with Gasteiger partial charge in [-0.25, -0.2) is 0 Å². The lowest BCUT2D eigenvalue weighted by atomic mass is 9.96. The maximum absolute atomic E-state index is 12.6. The molecule has 2 aliphatic rings. The molecule has 2 heterocycles. The minimum absolute atomic E-state index is 0.187. The second-order valence-corrected chi connectivity index (χ2v) is 6.54. The van der Waals surface area contributed by atoms with Crippen LogP contribution in [-0.2, 0) is 4.74 Å². The number of likely N-dealkylation sites (tertiary alicyclic amines) is 1. The quantitative estimate of drug-likeness (QED) is 0.858. The number of nitrogens with zero attached hydrogens (tertiary/aromatic N) is 2. The van der Waals surface area contributed by atoms with E-state index in [1.54, 1.807) is 0 Å². The SMILES string of the molecule is Cc1ccc(C(=O)N2CCCC(CN3CCOCC3)C2)cc1. The van der Waals surface area contributed by atoms with Crippen molar-refractivity contribution in [3.63, 3.8) is 0 Å². The van der Waals surface area contributed by atoms with Gasteiger partial charge < -0.3 is 9.64 Å². The number of piperidine rings is 1. The van der Waals surface area contributed by atoms with Crippen LogP contribution in [-0.4, -0.2) is 61.6 Å². The summed E-state index contributed by atoms with van der Waals surface area (Å²) in [7, 11) is 0. The zero-order valence-electron chi connectivity index (χ0n) is 13.5. The van der Waals surface area contributed by atoms with Crippen LogP contribution in [0.15, 0.2) is 24.3 Å². The Hall–Kier alpha value is -1.39. The second kappa shape index (κ2) is 7.25. The molecule has 0 aliphatic carbocycles. The van der Waals surface area contributed by atoms with Gasteiger partial charge in [0.1, 0.15) is 0 Å². The normalized spacial score (nSPS) is 23.5. The number of ether oxygens (including phenoxy) is 1. The number of hydrogen-bond acceptors (Lipinski definition) is 3. The zero-order chi connectivity index (χ0) is 15.4. The monoisotopic (exact) mass is 302 g/mol. The Morgan fingerprint density at radius 2 is 1.91 bits per heavy atom. The van der Waals surface area contributed by atoms with E-state index in [1.165, 1.54) is 12.0 Å². The maximum atomic E-state index is 12.6. The second-order valence-electron chi connectivity index (χ2n) is 6.54. The summed E-state index contributed by atoms with van der Waals surface area (Å²) in [5.74, 6) is 0.785. The molecule has 1 unspecified atom stereocenters. The first kappa shape index (κ1) is 15.5. The summed E-state index contributed by atoms with van der Waals surface area (Å²) in [5.41, 5.74) is 2.01. The first-order chi connectivity index (χ1) is 10.7. The van der Waals surface area contributed by atoms with Gasteiger partial charge in [-0.1, -0.05) is 17.7 Å². The lowest BCUT2D eigenvalue weighted by molar-refractivity contribution is 0.0224. The third-order valence-corrected chi connectivity index (χ3v) is 4.72. The summed E-state index contributed by atoms with van der Waals surface area (Å²) >= 11 is 0. The summed E-state index contributed by atoms with van der Waals surface area (Å²) in [6.45, 7) is 8.69. The molecule has 120 valence electrons. The number of carbonyl (C=O) groups is 1. The van der Waals surface area contributed by atoms with Crippen LogP contribution < -0.4 is 0 Å². The summed E-state index contributed by atoms with van der Waals surface area (Å²) in [5, 5.41) is 0.